The molecule has 2 N–H and O–H groups in total. The molecule has 0 atom stereocenters. The molecule has 0 aliphatic carbocycles. The first-order valence-corrected chi connectivity index (χ1v) is 6.13. The van der Waals surface area contributed by atoms with E-state index in [0.717, 1.165) is 11.5 Å². The van der Waals surface area contributed by atoms with Gasteiger partial charge in [0, 0.05) is 24.4 Å². The molecule has 0 fully saturated rings. The van der Waals surface area contributed by atoms with Crippen molar-refractivity contribution in [3.8, 4) is 0 Å². The molecule has 0 spiro atoms. The van der Waals surface area contributed by atoms with E-state index in [2.05, 4.69) is 9.59 Å². The van der Waals surface area contributed by atoms with Gasteiger partial charge in [-0.3, -0.25) is 4.79 Å². The van der Waals surface area contributed by atoms with Gasteiger partial charge < -0.3 is 10.6 Å². The number of nitrogens with zero attached hydrogens (tertiary/aromatic N) is 3. The summed E-state index contributed by atoms with van der Waals surface area (Å²) in [5.74, 6) is -0.125. The molecule has 7 heteroatoms. The summed E-state index contributed by atoms with van der Waals surface area (Å²) in [5, 5.41) is 5.40. The van der Waals surface area contributed by atoms with Gasteiger partial charge in [0.05, 0.1) is 4.99 Å². The first-order chi connectivity index (χ1) is 7.52. The van der Waals surface area contributed by atoms with Crippen molar-refractivity contribution in [3.63, 3.8) is 0 Å². The number of rotatable bonds is 5. The third-order valence-corrected chi connectivity index (χ3v) is 2.77. The second-order valence-electron chi connectivity index (χ2n) is 3.60. The highest BCUT2D eigenvalue weighted by molar-refractivity contribution is 7.80. The monoisotopic (exact) mass is 258 g/mol. The van der Waals surface area contributed by atoms with Gasteiger partial charge in [-0.15, -0.1) is 5.10 Å². The van der Waals surface area contributed by atoms with Crippen LogP contribution in [0.25, 0.3) is 0 Å². The summed E-state index contributed by atoms with van der Waals surface area (Å²) in [7, 11) is 0. The highest BCUT2D eigenvalue weighted by atomic mass is 32.1. The van der Waals surface area contributed by atoms with Crippen molar-refractivity contribution in [3.05, 3.63) is 11.1 Å². The van der Waals surface area contributed by atoms with E-state index in [1.54, 1.807) is 10.3 Å². The molecule has 1 aromatic rings. The molecule has 0 saturated carbocycles. The van der Waals surface area contributed by atoms with E-state index in [0.29, 0.717) is 23.6 Å². The number of aromatic nitrogens is 2. The number of thiocarbonyl (C=S) groups is 1. The van der Waals surface area contributed by atoms with Crippen LogP contribution < -0.4 is 5.73 Å². The van der Waals surface area contributed by atoms with Gasteiger partial charge in [0.25, 0.3) is 5.91 Å². The van der Waals surface area contributed by atoms with Gasteiger partial charge >= 0.3 is 0 Å². The summed E-state index contributed by atoms with van der Waals surface area (Å²) in [4.78, 5) is 14.1. The van der Waals surface area contributed by atoms with Crippen molar-refractivity contribution in [1.29, 1.82) is 0 Å². The maximum Gasteiger partial charge on any atom is 0.275 e. The molecule has 1 amide bonds. The summed E-state index contributed by atoms with van der Waals surface area (Å²) in [6.07, 6.45) is 0.525. The predicted octanol–water partition coefficient (Wildman–Crippen LogP) is 1.06. The Morgan fingerprint density at radius 1 is 1.69 bits per heavy atom. The van der Waals surface area contributed by atoms with E-state index in [9.17, 15) is 4.79 Å². The molecule has 1 heterocycles. The average Bonchev–Trinajstić information content (AvgIpc) is 2.69. The normalized spacial score (nSPS) is 10.4. The van der Waals surface area contributed by atoms with Gasteiger partial charge in [0.2, 0.25) is 0 Å². The van der Waals surface area contributed by atoms with Crippen LogP contribution in [0, 0.1) is 0 Å². The van der Waals surface area contributed by atoms with Gasteiger partial charge in [0.1, 0.15) is 0 Å². The zero-order chi connectivity index (χ0) is 12.1. The maximum absolute atomic E-state index is 12.0. The molecule has 1 aromatic heterocycles. The third kappa shape index (κ3) is 3.49. The van der Waals surface area contributed by atoms with Crippen LogP contribution in [0.5, 0.6) is 0 Å². The minimum Gasteiger partial charge on any atom is -0.393 e. The Hall–Kier alpha value is -1.08. The summed E-state index contributed by atoms with van der Waals surface area (Å²) >= 11 is 5.96. The molecule has 16 heavy (non-hydrogen) atoms. The standard InChI is InChI=1S/C9H14N4OS2/c1-6(2)13(4-3-8(10)15)9(14)7-5-16-12-11-7/h5-6H,3-4H2,1-2H3,(H2,10,15). The Kier molecular flexibility index (Phi) is 4.75. The van der Waals surface area contributed by atoms with Gasteiger partial charge in [-0.05, 0) is 25.4 Å². The Morgan fingerprint density at radius 2 is 2.38 bits per heavy atom. The Morgan fingerprint density at radius 3 is 2.81 bits per heavy atom. The summed E-state index contributed by atoms with van der Waals surface area (Å²) in [6, 6.07) is 0.0866. The van der Waals surface area contributed by atoms with Crippen molar-refractivity contribution in [2.24, 2.45) is 5.73 Å². The van der Waals surface area contributed by atoms with Crippen LogP contribution in [0.2, 0.25) is 0 Å². The van der Waals surface area contributed by atoms with Gasteiger partial charge in [-0.25, -0.2) is 0 Å². The minimum atomic E-state index is -0.125. The van der Waals surface area contributed by atoms with Gasteiger partial charge in [-0.1, -0.05) is 16.7 Å². The fourth-order valence-corrected chi connectivity index (χ4v) is 1.75. The van der Waals surface area contributed by atoms with E-state index in [1.165, 1.54) is 0 Å². The highest BCUT2D eigenvalue weighted by Crippen LogP contribution is 2.08. The molecule has 0 bridgehead atoms. The smallest absolute Gasteiger partial charge is 0.275 e. The molecular weight excluding hydrogens is 244 g/mol. The molecule has 0 radical (unpaired) electrons. The Labute approximate surface area is 104 Å². The van der Waals surface area contributed by atoms with E-state index in [1.807, 2.05) is 13.8 Å². The van der Waals surface area contributed by atoms with E-state index in [-0.39, 0.29) is 11.9 Å². The molecule has 0 aliphatic rings. The zero-order valence-corrected chi connectivity index (χ0v) is 10.8. The molecule has 88 valence electrons. The highest BCUT2D eigenvalue weighted by Gasteiger charge is 2.20. The van der Waals surface area contributed by atoms with Gasteiger partial charge in [0.15, 0.2) is 5.69 Å². The van der Waals surface area contributed by atoms with Crippen molar-refractivity contribution in [2.75, 3.05) is 6.54 Å². The van der Waals surface area contributed by atoms with Crippen LogP contribution >= 0.6 is 23.8 Å². The predicted molar refractivity (Wildman–Crippen MR) is 67.5 cm³/mol. The van der Waals surface area contributed by atoms with Crippen LogP contribution in [0.15, 0.2) is 5.38 Å². The second-order valence-corrected chi connectivity index (χ2v) is 4.73. The molecule has 0 unspecified atom stereocenters. The fourth-order valence-electron chi connectivity index (χ4n) is 1.23. The summed E-state index contributed by atoms with van der Waals surface area (Å²) in [6.45, 7) is 4.40. The lowest BCUT2D eigenvalue weighted by molar-refractivity contribution is 0.0705. The lowest BCUT2D eigenvalue weighted by Crippen LogP contribution is -2.39. The summed E-state index contributed by atoms with van der Waals surface area (Å²) < 4.78 is 3.67. The Bertz CT molecular complexity index is 364. The first kappa shape index (κ1) is 13.0. The van der Waals surface area contributed by atoms with Crippen LogP contribution in [0.3, 0.4) is 0 Å². The van der Waals surface area contributed by atoms with Crippen molar-refractivity contribution >= 4 is 34.6 Å². The van der Waals surface area contributed by atoms with Crippen LogP contribution in [-0.4, -0.2) is 38.0 Å². The molecule has 0 saturated heterocycles. The van der Waals surface area contributed by atoms with Crippen molar-refractivity contribution < 1.29 is 4.79 Å². The van der Waals surface area contributed by atoms with Gasteiger partial charge in [-0.2, -0.15) is 0 Å². The summed E-state index contributed by atoms with van der Waals surface area (Å²) in [5.41, 5.74) is 5.80. The van der Waals surface area contributed by atoms with E-state index >= 15 is 0 Å². The largest absolute Gasteiger partial charge is 0.393 e. The number of hydrogen-bond donors (Lipinski definition) is 1. The first-order valence-electron chi connectivity index (χ1n) is 4.88. The zero-order valence-electron chi connectivity index (χ0n) is 9.21. The second kappa shape index (κ2) is 5.86. The quantitative estimate of drug-likeness (QED) is 0.800. The SMILES string of the molecule is CC(C)N(CCC(N)=S)C(=O)c1csnn1. The molecule has 0 aromatic carbocycles. The van der Waals surface area contributed by atoms with Crippen LogP contribution in [0.1, 0.15) is 30.8 Å². The lowest BCUT2D eigenvalue weighted by atomic mass is 10.2. The number of nitrogens with two attached hydrogens (primary N) is 1. The maximum atomic E-state index is 12.0. The molecular formula is C9H14N4OS2. The lowest BCUT2D eigenvalue weighted by Gasteiger charge is -2.25. The van der Waals surface area contributed by atoms with Crippen molar-refractivity contribution in [2.45, 2.75) is 26.3 Å². The van der Waals surface area contributed by atoms with E-state index < -0.39 is 0 Å². The van der Waals surface area contributed by atoms with Crippen molar-refractivity contribution in [1.82, 2.24) is 14.5 Å². The van der Waals surface area contributed by atoms with E-state index in [4.69, 9.17) is 18.0 Å². The minimum absolute atomic E-state index is 0.0866. The molecule has 5 nitrogen and oxygen atoms in total. The third-order valence-electron chi connectivity index (χ3n) is 2.06. The molecule has 1 rings (SSSR count). The number of carbonyl (C=O) groups is 1. The van der Waals surface area contributed by atoms with Crippen LogP contribution in [-0.2, 0) is 0 Å². The number of carbonyl (C=O) groups excluding carboxylic acids is 1. The molecule has 0 aliphatic heterocycles. The fraction of sp³-hybridized carbons (Fsp3) is 0.556. The Balaban J connectivity index is 2.70. The number of amides is 1. The van der Waals surface area contributed by atoms with Crippen LogP contribution in [0.4, 0.5) is 0 Å². The topological polar surface area (TPSA) is 72.1 Å². The number of hydrogen-bond acceptors (Lipinski definition) is 5. The average molecular weight is 258 g/mol.